The van der Waals surface area contributed by atoms with Crippen LogP contribution in [-0.4, -0.2) is 30.2 Å². The first-order valence-corrected chi connectivity index (χ1v) is 5.50. The molecule has 0 fully saturated rings. The van der Waals surface area contributed by atoms with Gasteiger partial charge in [-0.1, -0.05) is 26.0 Å². The van der Waals surface area contributed by atoms with Crippen molar-refractivity contribution in [2.24, 2.45) is 5.41 Å². The number of rotatable bonds is 4. The molecule has 16 heavy (non-hydrogen) atoms. The molecule has 3 nitrogen and oxygen atoms in total. The van der Waals surface area contributed by atoms with Crippen molar-refractivity contribution in [1.29, 1.82) is 0 Å². The van der Waals surface area contributed by atoms with Gasteiger partial charge in [0.25, 0.3) is 5.91 Å². The Bertz CT molecular complexity index is 353. The molecular formula is C13H19NO2. The predicted octanol–water partition coefficient (Wildman–Crippen LogP) is 1.95. The first kappa shape index (κ1) is 12.7. The van der Waals surface area contributed by atoms with Gasteiger partial charge in [0, 0.05) is 20.0 Å². The fourth-order valence-corrected chi connectivity index (χ4v) is 1.80. The monoisotopic (exact) mass is 221 g/mol. The van der Waals surface area contributed by atoms with Crippen molar-refractivity contribution in [1.82, 2.24) is 4.90 Å². The van der Waals surface area contributed by atoms with E-state index in [0.29, 0.717) is 18.5 Å². The van der Waals surface area contributed by atoms with Crippen LogP contribution < -0.4 is 0 Å². The van der Waals surface area contributed by atoms with Gasteiger partial charge >= 0.3 is 0 Å². The highest BCUT2D eigenvalue weighted by Crippen LogP contribution is 2.33. The highest BCUT2D eigenvalue weighted by Gasteiger charge is 2.34. The standard InChI is InChI=1S/C13H19NO2/c1-5-6-7-14(4)12(16)10-8-13(2,3)9-11(10)15/h5,8H,1,6-7,9H2,2-4H3. The number of allylic oxidation sites excluding steroid dienone is 1. The minimum Gasteiger partial charge on any atom is -0.341 e. The molecule has 1 rings (SSSR count). The number of ketones is 1. The van der Waals surface area contributed by atoms with Gasteiger partial charge in [-0.25, -0.2) is 0 Å². The second-order valence-corrected chi connectivity index (χ2v) is 4.95. The van der Waals surface area contributed by atoms with E-state index in [-0.39, 0.29) is 17.1 Å². The number of Topliss-reactive ketones (excluding diaryl/α,β-unsaturated/α-hetero) is 1. The maximum Gasteiger partial charge on any atom is 0.256 e. The Kier molecular flexibility index (Phi) is 3.68. The van der Waals surface area contributed by atoms with Gasteiger partial charge in [0.15, 0.2) is 5.78 Å². The molecule has 3 heteroatoms. The van der Waals surface area contributed by atoms with Gasteiger partial charge in [0.1, 0.15) is 0 Å². The van der Waals surface area contributed by atoms with Crippen LogP contribution in [0.15, 0.2) is 24.3 Å². The maximum atomic E-state index is 12.0. The number of carbonyl (C=O) groups excluding carboxylic acids is 2. The van der Waals surface area contributed by atoms with Crippen LogP contribution in [0.2, 0.25) is 0 Å². The van der Waals surface area contributed by atoms with E-state index >= 15 is 0 Å². The minimum absolute atomic E-state index is 0.0412. The van der Waals surface area contributed by atoms with E-state index in [0.717, 1.165) is 6.42 Å². The summed E-state index contributed by atoms with van der Waals surface area (Å²) in [5.41, 5.74) is 0.165. The number of likely N-dealkylation sites (N-methyl/N-ethyl adjacent to an activating group) is 1. The number of carbonyl (C=O) groups is 2. The lowest BCUT2D eigenvalue weighted by atomic mass is 9.93. The number of hydrogen-bond donors (Lipinski definition) is 0. The molecule has 1 aliphatic rings. The molecule has 0 heterocycles. The van der Waals surface area contributed by atoms with Crippen LogP contribution in [0.4, 0.5) is 0 Å². The zero-order valence-corrected chi connectivity index (χ0v) is 10.2. The summed E-state index contributed by atoms with van der Waals surface area (Å²) in [7, 11) is 1.71. The van der Waals surface area contributed by atoms with Gasteiger partial charge in [-0.05, 0) is 11.8 Å². The lowest BCUT2D eigenvalue weighted by Gasteiger charge is -2.16. The van der Waals surface area contributed by atoms with Crippen molar-refractivity contribution >= 4 is 11.7 Å². The fraction of sp³-hybridized carbons (Fsp3) is 0.538. The van der Waals surface area contributed by atoms with Crippen LogP contribution in [-0.2, 0) is 9.59 Å². The highest BCUT2D eigenvalue weighted by molar-refractivity contribution is 6.20. The molecule has 0 saturated heterocycles. The topological polar surface area (TPSA) is 37.4 Å². The largest absolute Gasteiger partial charge is 0.341 e. The van der Waals surface area contributed by atoms with E-state index in [9.17, 15) is 9.59 Å². The molecule has 0 spiro atoms. The van der Waals surface area contributed by atoms with Gasteiger partial charge in [-0.15, -0.1) is 6.58 Å². The molecule has 0 bridgehead atoms. The van der Waals surface area contributed by atoms with Crippen LogP contribution in [0.1, 0.15) is 26.7 Å². The first-order valence-electron chi connectivity index (χ1n) is 5.50. The molecule has 0 aromatic heterocycles. The first-order chi connectivity index (χ1) is 7.37. The minimum atomic E-state index is -0.179. The molecule has 1 amide bonds. The van der Waals surface area contributed by atoms with E-state index in [1.54, 1.807) is 24.1 Å². The van der Waals surface area contributed by atoms with Crippen LogP contribution in [0, 0.1) is 5.41 Å². The molecule has 0 N–H and O–H groups in total. The van der Waals surface area contributed by atoms with E-state index in [1.807, 2.05) is 13.8 Å². The van der Waals surface area contributed by atoms with E-state index in [1.165, 1.54) is 0 Å². The molecule has 0 aromatic rings. The van der Waals surface area contributed by atoms with Crippen molar-refractivity contribution in [3.05, 3.63) is 24.3 Å². The summed E-state index contributed by atoms with van der Waals surface area (Å²) in [6, 6.07) is 0. The molecule has 0 atom stereocenters. The lowest BCUT2D eigenvalue weighted by Crippen LogP contribution is -2.30. The van der Waals surface area contributed by atoms with E-state index in [2.05, 4.69) is 6.58 Å². The Morgan fingerprint density at radius 2 is 2.25 bits per heavy atom. The summed E-state index contributed by atoms with van der Waals surface area (Å²) in [6.07, 6.45) is 4.73. The average Bonchev–Trinajstić information content (AvgIpc) is 2.47. The van der Waals surface area contributed by atoms with Crippen LogP contribution in [0.3, 0.4) is 0 Å². The quantitative estimate of drug-likeness (QED) is 0.537. The number of amides is 1. The predicted molar refractivity (Wildman–Crippen MR) is 63.9 cm³/mol. The molecule has 0 aromatic carbocycles. The van der Waals surface area contributed by atoms with Gasteiger partial charge in [0.05, 0.1) is 5.57 Å². The van der Waals surface area contributed by atoms with Gasteiger partial charge in [-0.3, -0.25) is 9.59 Å². The molecule has 0 unspecified atom stereocenters. The Labute approximate surface area is 96.8 Å². The summed E-state index contributed by atoms with van der Waals surface area (Å²) in [4.78, 5) is 25.2. The zero-order chi connectivity index (χ0) is 12.3. The molecule has 0 aliphatic heterocycles. The Balaban J connectivity index is 2.74. The zero-order valence-electron chi connectivity index (χ0n) is 10.2. The summed E-state index contributed by atoms with van der Waals surface area (Å²) in [5.74, 6) is -0.210. The fourth-order valence-electron chi connectivity index (χ4n) is 1.80. The van der Waals surface area contributed by atoms with Gasteiger partial charge in [-0.2, -0.15) is 0 Å². The second-order valence-electron chi connectivity index (χ2n) is 4.95. The van der Waals surface area contributed by atoms with E-state index < -0.39 is 0 Å². The molecule has 0 saturated carbocycles. The van der Waals surface area contributed by atoms with Crippen molar-refractivity contribution in [3.8, 4) is 0 Å². The lowest BCUT2D eigenvalue weighted by molar-refractivity contribution is -0.128. The normalized spacial score (nSPS) is 18.2. The third-order valence-corrected chi connectivity index (χ3v) is 2.70. The number of nitrogens with zero attached hydrogens (tertiary/aromatic N) is 1. The Morgan fingerprint density at radius 3 is 2.69 bits per heavy atom. The Hall–Kier alpha value is -1.38. The van der Waals surface area contributed by atoms with Crippen molar-refractivity contribution in [2.45, 2.75) is 26.7 Å². The van der Waals surface area contributed by atoms with E-state index in [4.69, 9.17) is 0 Å². The summed E-state index contributed by atoms with van der Waals surface area (Å²) >= 11 is 0. The van der Waals surface area contributed by atoms with Crippen LogP contribution in [0.25, 0.3) is 0 Å². The van der Waals surface area contributed by atoms with Crippen molar-refractivity contribution in [2.75, 3.05) is 13.6 Å². The van der Waals surface area contributed by atoms with Crippen molar-refractivity contribution < 1.29 is 9.59 Å². The van der Waals surface area contributed by atoms with Crippen molar-refractivity contribution in [3.63, 3.8) is 0 Å². The molecule has 88 valence electrons. The summed E-state index contributed by atoms with van der Waals surface area (Å²) < 4.78 is 0. The highest BCUT2D eigenvalue weighted by atomic mass is 16.2. The molecular weight excluding hydrogens is 202 g/mol. The third-order valence-electron chi connectivity index (χ3n) is 2.70. The maximum absolute atomic E-state index is 12.0. The Morgan fingerprint density at radius 1 is 1.62 bits per heavy atom. The summed E-state index contributed by atoms with van der Waals surface area (Å²) in [6.45, 7) is 8.15. The second kappa shape index (κ2) is 4.64. The average molecular weight is 221 g/mol. The summed E-state index contributed by atoms with van der Waals surface area (Å²) in [5, 5.41) is 0. The molecule has 0 radical (unpaired) electrons. The molecule has 1 aliphatic carbocycles. The van der Waals surface area contributed by atoms with Crippen LogP contribution >= 0.6 is 0 Å². The smallest absolute Gasteiger partial charge is 0.256 e. The van der Waals surface area contributed by atoms with Gasteiger partial charge in [0.2, 0.25) is 0 Å². The van der Waals surface area contributed by atoms with Crippen LogP contribution in [0.5, 0.6) is 0 Å². The van der Waals surface area contributed by atoms with Gasteiger partial charge < -0.3 is 4.90 Å². The third kappa shape index (κ3) is 2.81. The SMILES string of the molecule is C=CCCN(C)C(=O)C1=CC(C)(C)CC1=O. The number of hydrogen-bond acceptors (Lipinski definition) is 2.